The number of rotatable bonds is 6. The Morgan fingerprint density at radius 1 is 1.32 bits per heavy atom. The number of carbonyl (C=O) groups is 2. The Morgan fingerprint density at radius 2 is 2.14 bits per heavy atom. The van der Waals surface area contributed by atoms with Crippen molar-refractivity contribution < 1.29 is 23.5 Å². The molecule has 1 aromatic heterocycles. The molecule has 116 valence electrons. The highest BCUT2D eigenvalue weighted by Gasteiger charge is 2.16. The molecule has 0 atom stereocenters. The molecular formula is C15H14FNO4S. The van der Waals surface area contributed by atoms with Crippen LogP contribution in [0.1, 0.15) is 17.3 Å². The summed E-state index contributed by atoms with van der Waals surface area (Å²) in [6.07, 6.45) is 0. The van der Waals surface area contributed by atoms with E-state index in [0.29, 0.717) is 10.6 Å². The van der Waals surface area contributed by atoms with Crippen molar-refractivity contribution >= 4 is 28.2 Å². The lowest BCUT2D eigenvalue weighted by Gasteiger charge is -2.08. The minimum Gasteiger partial charge on any atom is -0.484 e. The van der Waals surface area contributed by atoms with Crippen LogP contribution in [0.5, 0.6) is 5.75 Å². The molecule has 0 radical (unpaired) electrons. The van der Waals surface area contributed by atoms with E-state index < -0.39 is 17.7 Å². The van der Waals surface area contributed by atoms with Gasteiger partial charge in [-0.2, -0.15) is 0 Å². The first-order valence-corrected chi connectivity index (χ1v) is 7.41. The number of carbonyl (C=O) groups excluding carboxylic acids is 2. The summed E-state index contributed by atoms with van der Waals surface area (Å²) in [5.74, 6) is -1.13. The molecule has 0 saturated heterocycles. The van der Waals surface area contributed by atoms with E-state index in [-0.39, 0.29) is 19.0 Å². The van der Waals surface area contributed by atoms with Gasteiger partial charge in [-0.3, -0.25) is 4.79 Å². The van der Waals surface area contributed by atoms with Gasteiger partial charge in [0.15, 0.2) is 6.61 Å². The fourth-order valence-corrected chi connectivity index (χ4v) is 2.44. The summed E-state index contributed by atoms with van der Waals surface area (Å²) >= 11 is 1.21. The topological polar surface area (TPSA) is 64.6 Å². The zero-order chi connectivity index (χ0) is 15.9. The van der Waals surface area contributed by atoms with Crippen LogP contribution in [0.2, 0.25) is 0 Å². The van der Waals surface area contributed by atoms with E-state index in [4.69, 9.17) is 9.47 Å². The number of esters is 1. The average molecular weight is 323 g/mol. The third-order valence-corrected chi connectivity index (χ3v) is 3.41. The number of hydrogen-bond acceptors (Lipinski definition) is 5. The monoisotopic (exact) mass is 323 g/mol. The van der Waals surface area contributed by atoms with Gasteiger partial charge in [-0.05, 0) is 30.5 Å². The molecule has 2 rings (SSSR count). The summed E-state index contributed by atoms with van der Waals surface area (Å²) in [7, 11) is 0. The Hall–Kier alpha value is -2.41. The van der Waals surface area contributed by atoms with Crippen molar-refractivity contribution in [3.05, 3.63) is 47.1 Å². The lowest BCUT2D eigenvalue weighted by atomic mass is 10.3. The number of amides is 1. The van der Waals surface area contributed by atoms with E-state index in [1.807, 2.05) is 0 Å². The lowest BCUT2D eigenvalue weighted by molar-refractivity contribution is -0.118. The second kappa shape index (κ2) is 7.56. The van der Waals surface area contributed by atoms with Crippen LogP contribution in [0, 0.1) is 5.82 Å². The predicted octanol–water partition coefficient (Wildman–Crippen LogP) is 3.08. The molecule has 1 aromatic carbocycles. The van der Waals surface area contributed by atoms with Crippen molar-refractivity contribution in [3.63, 3.8) is 0 Å². The van der Waals surface area contributed by atoms with Crippen LogP contribution in [0.25, 0.3) is 0 Å². The number of ether oxygens (including phenoxy) is 2. The standard InChI is InChI=1S/C15H14FNO4S/c1-2-20-15(19)12-6-7-22-14(12)17-13(18)9-21-11-5-3-4-10(16)8-11/h3-8H,2,9H2,1H3,(H,17,18). The molecule has 0 aliphatic carbocycles. The second-order valence-electron chi connectivity index (χ2n) is 4.18. The van der Waals surface area contributed by atoms with Crippen molar-refractivity contribution in [2.75, 3.05) is 18.5 Å². The van der Waals surface area contributed by atoms with Gasteiger partial charge in [-0.1, -0.05) is 6.07 Å². The average Bonchev–Trinajstić information content (AvgIpc) is 2.94. The summed E-state index contributed by atoms with van der Waals surface area (Å²) in [4.78, 5) is 23.5. The number of nitrogens with one attached hydrogen (secondary N) is 1. The molecule has 0 fully saturated rings. The lowest BCUT2D eigenvalue weighted by Crippen LogP contribution is -2.21. The third-order valence-electron chi connectivity index (χ3n) is 2.58. The van der Waals surface area contributed by atoms with Gasteiger partial charge in [0.1, 0.15) is 16.6 Å². The molecule has 0 aliphatic rings. The minimum absolute atomic E-state index is 0.255. The van der Waals surface area contributed by atoms with E-state index in [1.165, 1.54) is 29.5 Å². The van der Waals surface area contributed by atoms with Gasteiger partial charge in [-0.15, -0.1) is 11.3 Å². The Balaban J connectivity index is 1.92. The quantitative estimate of drug-likeness (QED) is 0.830. The zero-order valence-corrected chi connectivity index (χ0v) is 12.6. The number of benzene rings is 1. The first-order chi connectivity index (χ1) is 10.6. The van der Waals surface area contributed by atoms with E-state index in [1.54, 1.807) is 24.4 Å². The summed E-state index contributed by atoms with van der Waals surface area (Å²) in [5.41, 5.74) is 0.297. The van der Waals surface area contributed by atoms with Gasteiger partial charge in [0.2, 0.25) is 0 Å². The Bertz CT molecular complexity index is 671. The Kier molecular flexibility index (Phi) is 5.48. The van der Waals surface area contributed by atoms with Crippen molar-refractivity contribution in [1.82, 2.24) is 0 Å². The van der Waals surface area contributed by atoms with Gasteiger partial charge in [0.25, 0.3) is 5.91 Å². The molecule has 1 heterocycles. The second-order valence-corrected chi connectivity index (χ2v) is 5.09. The molecule has 5 nitrogen and oxygen atoms in total. The normalized spacial score (nSPS) is 10.1. The highest BCUT2D eigenvalue weighted by molar-refractivity contribution is 7.14. The van der Waals surface area contributed by atoms with E-state index in [9.17, 15) is 14.0 Å². The fourth-order valence-electron chi connectivity index (χ4n) is 1.64. The molecular weight excluding hydrogens is 309 g/mol. The number of hydrogen-bond donors (Lipinski definition) is 1. The highest BCUT2D eigenvalue weighted by atomic mass is 32.1. The molecule has 0 aliphatic heterocycles. The molecule has 1 amide bonds. The van der Waals surface area contributed by atoms with Crippen molar-refractivity contribution in [2.45, 2.75) is 6.92 Å². The van der Waals surface area contributed by atoms with Crippen molar-refractivity contribution in [1.29, 1.82) is 0 Å². The molecule has 0 bridgehead atoms. The van der Waals surface area contributed by atoms with E-state index in [2.05, 4.69) is 5.32 Å². The van der Waals surface area contributed by atoms with Crippen molar-refractivity contribution in [2.24, 2.45) is 0 Å². The molecule has 0 spiro atoms. The Morgan fingerprint density at radius 3 is 2.86 bits per heavy atom. The van der Waals surface area contributed by atoms with Crippen LogP contribution in [-0.4, -0.2) is 25.1 Å². The van der Waals surface area contributed by atoms with Crippen LogP contribution >= 0.6 is 11.3 Å². The molecule has 7 heteroatoms. The molecule has 0 unspecified atom stereocenters. The van der Waals surface area contributed by atoms with Gasteiger partial charge >= 0.3 is 5.97 Å². The number of halogens is 1. The fraction of sp³-hybridized carbons (Fsp3) is 0.200. The number of anilines is 1. The molecule has 2 aromatic rings. The van der Waals surface area contributed by atoms with Crippen LogP contribution < -0.4 is 10.1 Å². The van der Waals surface area contributed by atoms with Gasteiger partial charge in [-0.25, -0.2) is 9.18 Å². The summed E-state index contributed by atoms with van der Waals surface area (Å²) < 4.78 is 23.1. The first kappa shape index (κ1) is 16.0. The molecule has 0 saturated carbocycles. The maximum Gasteiger partial charge on any atom is 0.341 e. The van der Waals surface area contributed by atoms with Gasteiger partial charge < -0.3 is 14.8 Å². The third kappa shape index (κ3) is 4.29. The van der Waals surface area contributed by atoms with Crippen LogP contribution in [-0.2, 0) is 9.53 Å². The maximum atomic E-state index is 13.0. The largest absolute Gasteiger partial charge is 0.484 e. The minimum atomic E-state index is -0.495. The molecule has 1 N–H and O–H groups in total. The van der Waals surface area contributed by atoms with Crippen molar-refractivity contribution in [3.8, 4) is 5.75 Å². The smallest absolute Gasteiger partial charge is 0.341 e. The van der Waals surface area contributed by atoms with Crippen LogP contribution in [0.15, 0.2) is 35.7 Å². The Labute approximate surface area is 130 Å². The van der Waals surface area contributed by atoms with Gasteiger partial charge in [0.05, 0.1) is 12.2 Å². The van der Waals surface area contributed by atoms with E-state index >= 15 is 0 Å². The van der Waals surface area contributed by atoms with Crippen LogP contribution in [0.4, 0.5) is 9.39 Å². The number of thiophene rings is 1. The van der Waals surface area contributed by atoms with Gasteiger partial charge in [0, 0.05) is 6.07 Å². The zero-order valence-electron chi connectivity index (χ0n) is 11.8. The summed E-state index contributed by atoms with van der Waals surface area (Å²) in [6, 6.07) is 7.07. The predicted molar refractivity (Wildman–Crippen MR) is 80.8 cm³/mol. The molecule has 22 heavy (non-hydrogen) atoms. The van der Waals surface area contributed by atoms with E-state index in [0.717, 1.165) is 0 Å². The summed E-state index contributed by atoms with van der Waals surface area (Å²) in [5, 5.41) is 4.65. The SMILES string of the molecule is CCOC(=O)c1ccsc1NC(=O)COc1cccc(F)c1. The first-order valence-electron chi connectivity index (χ1n) is 6.53. The van der Waals surface area contributed by atoms with Crippen LogP contribution in [0.3, 0.4) is 0 Å². The highest BCUT2D eigenvalue weighted by Crippen LogP contribution is 2.24. The maximum absolute atomic E-state index is 13.0. The summed E-state index contributed by atoms with van der Waals surface area (Å²) in [6.45, 7) is 1.67.